The van der Waals surface area contributed by atoms with Crippen LogP contribution in [-0.2, 0) is 0 Å². The molecular weight excluding hydrogens is 258 g/mol. The molecule has 0 fully saturated rings. The molecule has 1 unspecified atom stereocenters. The lowest BCUT2D eigenvalue weighted by Gasteiger charge is -2.18. The molecule has 21 heavy (non-hydrogen) atoms. The molecule has 0 aliphatic carbocycles. The van der Waals surface area contributed by atoms with Gasteiger partial charge in [-0.05, 0) is 43.3 Å². The van der Waals surface area contributed by atoms with Crippen molar-refractivity contribution in [3.63, 3.8) is 0 Å². The minimum atomic E-state index is 0.0984. The van der Waals surface area contributed by atoms with Gasteiger partial charge in [-0.25, -0.2) is 0 Å². The van der Waals surface area contributed by atoms with Crippen LogP contribution in [0.4, 0.5) is 0 Å². The first-order chi connectivity index (χ1) is 10.3. The van der Waals surface area contributed by atoms with Crippen molar-refractivity contribution in [2.75, 3.05) is 6.54 Å². The van der Waals surface area contributed by atoms with E-state index in [1.54, 1.807) is 0 Å². The molecule has 1 aromatic carbocycles. The van der Waals surface area contributed by atoms with Crippen LogP contribution in [0.1, 0.15) is 29.9 Å². The summed E-state index contributed by atoms with van der Waals surface area (Å²) in [5, 5.41) is 4.68. The molecule has 0 spiro atoms. The molecule has 3 nitrogen and oxygen atoms in total. The molecule has 106 valence electrons. The van der Waals surface area contributed by atoms with Crippen LogP contribution in [0.15, 0.2) is 54.7 Å². The Hall–Kier alpha value is -2.26. The van der Waals surface area contributed by atoms with Gasteiger partial charge in [-0.3, -0.25) is 9.97 Å². The quantitative estimate of drug-likeness (QED) is 0.791. The van der Waals surface area contributed by atoms with Gasteiger partial charge in [-0.2, -0.15) is 0 Å². The maximum Gasteiger partial charge on any atom is 0.0752 e. The van der Waals surface area contributed by atoms with Crippen molar-refractivity contribution in [2.24, 2.45) is 0 Å². The smallest absolute Gasteiger partial charge is 0.0752 e. The lowest BCUT2D eigenvalue weighted by molar-refractivity contribution is 0.614. The monoisotopic (exact) mass is 277 g/mol. The predicted molar refractivity (Wildman–Crippen MR) is 86.2 cm³/mol. The summed E-state index contributed by atoms with van der Waals surface area (Å²) >= 11 is 0. The highest BCUT2D eigenvalue weighted by Gasteiger charge is 2.15. The van der Waals surface area contributed by atoms with E-state index < -0.39 is 0 Å². The molecule has 1 atom stereocenters. The third-order valence-corrected chi connectivity index (χ3v) is 3.58. The second-order valence-electron chi connectivity index (χ2n) is 5.15. The van der Waals surface area contributed by atoms with Gasteiger partial charge in [0.1, 0.15) is 0 Å². The van der Waals surface area contributed by atoms with E-state index in [4.69, 9.17) is 0 Å². The number of nitrogens with zero attached hydrogens (tertiary/aromatic N) is 2. The summed E-state index contributed by atoms with van der Waals surface area (Å²) in [7, 11) is 0. The molecule has 1 N–H and O–H groups in total. The van der Waals surface area contributed by atoms with Crippen LogP contribution in [-0.4, -0.2) is 16.5 Å². The zero-order valence-corrected chi connectivity index (χ0v) is 12.4. The van der Waals surface area contributed by atoms with E-state index in [1.807, 2.05) is 25.3 Å². The van der Waals surface area contributed by atoms with Gasteiger partial charge in [0, 0.05) is 17.3 Å². The zero-order chi connectivity index (χ0) is 14.7. The second-order valence-corrected chi connectivity index (χ2v) is 5.15. The Morgan fingerprint density at radius 3 is 2.81 bits per heavy atom. The van der Waals surface area contributed by atoms with Crippen LogP contribution < -0.4 is 5.32 Å². The highest BCUT2D eigenvalue weighted by molar-refractivity contribution is 5.79. The first-order valence-electron chi connectivity index (χ1n) is 7.29. The largest absolute Gasteiger partial charge is 0.305 e. The molecule has 2 heterocycles. The Kier molecular flexibility index (Phi) is 3.93. The Morgan fingerprint density at radius 1 is 1.10 bits per heavy atom. The van der Waals surface area contributed by atoms with Crippen molar-refractivity contribution in [3.8, 4) is 0 Å². The summed E-state index contributed by atoms with van der Waals surface area (Å²) in [5.41, 5.74) is 4.30. The molecule has 0 saturated heterocycles. The molecule has 0 aliphatic rings. The van der Waals surface area contributed by atoms with E-state index in [0.29, 0.717) is 0 Å². The summed E-state index contributed by atoms with van der Waals surface area (Å²) in [6, 6.07) is 16.7. The van der Waals surface area contributed by atoms with E-state index in [9.17, 15) is 0 Å². The number of rotatable bonds is 4. The van der Waals surface area contributed by atoms with E-state index in [0.717, 1.165) is 28.8 Å². The molecule has 3 heteroatoms. The Morgan fingerprint density at radius 2 is 2.00 bits per heavy atom. The number of aromatic nitrogens is 2. The standard InChI is InChI=1S/C18H19N3/c1-3-19-18(16-8-4-6-13(2)21-16)15-10-9-14-7-5-11-20-17(14)12-15/h4-12,18-19H,3H2,1-2H3. The van der Waals surface area contributed by atoms with Crippen molar-refractivity contribution in [2.45, 2.75) is 19.9 Å². The number of hydrogen-bond donors (Lipinski definition) is 1. The number of pyridine rings is 2. The number of benzene rings is 1. The fourth-order valence-corrected chi connectivity index (χ4v) is 2.59. The number of hydrogen-bond acceptors (Lipinski definition) is 3. The SMILES string of the molecule is CCNC(c1ccc2cccnc2c1)c1cccc(C)n1. The molecule has 3 rings (SSSR count). The molecule has 3 aromatic rings. The third kappa shape index (κ3) is 2.93. The van der Waals surface area contributed by atoms with Crippen molar-refractivity contribution in [1.29, 1.82) is 0 Å². The molecular formula is C18H19N3. The van der Waals surface area contributed by atoms with Gasteiger partial charge in [0.25, 0.3) is 0 Å². The Balaban J connectivity index is 2.06. The van der Waals surface area contributed by atoms with Crippen LogP contribution in [0.3, 0.4) is 0 Å². The van der Waals surface area contributed by atoms with Crippen molar-refractivity contribution >= 4 is 10.9 Å². The fourth-order valence-electron chi connectivity index (χ4n) is 2.59. The lowest BCUT2D eigenvalue weighted by Crippen LogP contribution is -2.23. The summed E-state index contributed by atoms with van der Waals surface area (Å²) in [4.78, 5) is 9.11. The van der Waals surface area contributed by atoms with E-state index in [-0.39, 0.29) is 6.04 Å². The van der Waals surface area contributed by atoms with Gasteiger partial charge in [0.05, 0.1) is 17.3 Å². The third-order valence-electron chi connectivity index (χ3n) is 3.58. The number of aryl methyl sites for hydroxylation is 1. The van der Waals surface area contributed by atoms with Gasteiger partial charge in [-0.15, -0.1) is 0 Å². The average molecular weight is 277 g/mol. The topological polar surface area (TPSA) is 37.8 Å². The second kappa shape index (κ2) is 6.02. The number of fused-ring (bicyclic) bond motifs is 1. The molecule has 0 amide bonds. The molecule has 0 saturated carbocycles. The van der Waals surface area contributed by atoms with Crippen LogP contribution in [0, 0.1) is 6.92 Å². The number of nitrogens with one attached hydrogen (secondary N) is 1. The van der Waals surface area contributed by atoms with Crippen LogP contribution in [0.25, 0.3) is 10.9 Å². The van der Waals surface area contributed by atoms with Crippen LogP contribution >= 0.6 is 0 Å². The highest BCUT2D eigenvalue weighted by atomic mass is 14.9. The maximum atomic E-state index is 4.67. The summed E-state index contributed by atoms with van der Waals surface area (Å²) in [5.74, 6) is 0. The maximum absolute atomic E-state index is 4.67. The first-order valence-corrected chi connectivity index (χ1v) is 7.29. The van der Waals surface area contributed by atoms with Gasteiger partial charge in [0.2, 0.25) is 0 Å². The minimum absolute atomic E-state index is 0.0984. The average Bonchev–Trinajstić information content (AvgIpc) is 2.52. The van der Waals surface area contributed by atoms with Gasteiger partial charge < -0.3 is 5.32 Å². The molecule has 2 aromatic heterocycles. The molecule has 0 radical (unpaired) electrons. The minimum Gasteiger partial charge on any atom is -0.305 e. The van der Waals surface area contributed by atoms with E-state index >= 15 is 0 Å². The van der Waals surface area contributed by atoms with Crippen molar-refractivity contribution in [3.05, 3.63) is 71.7 Å². The van der Waals surface area contributed by atoms with Crippen molar-refractivity contribution in [1.82, 2.24) is 15.3 Å². The molecule has 0 aliphatic heterocycles. The lowest BCUT2D eigenvalue weighted by atomic mass is 10.0. The Bertz CT molecular complexity index is 752. The fraction of sp³-hybridized carbons (Fsp3) is 0.222. The summed E-state index contributed by atoms with van der Waals surface area (Å²) < 4.78 is 0. The summed E-state index contributed by atoms with van der Waals surface area (Å²) in [6.45, 7) is 5.02. The predicted octanol–water partition coefficient (Wildman–Crippen LogP) is 3.64. The van der Waals surface area contributed by atoms with E-state index in [1.165, 1.54) is 5.56 Å². The van der Waals surface area contributed by atoms with Gasteiger partial charge >= 0.3 is 0 Å². The molecule has 0 bridgehead atoms. The first kappa shape index (κ1) is 13.7. The van der Waals surface area contributed by atoms with Crippen molar-refractivity contribution < 1.29 is 0 Å². The zero-order valence-electron chi connectivity index (χ0n) is 12.4. The van der Waals surface area contributed by atoms with Gasteiger partial charge in [0.15, 0.2) is 0 Å². The van der Waals surface area contributed by atoms with Crippen LogP contribution in [0.5, 0.6) is 0 Å². The summed E-state index contributed by atoms with van der Waals surface area (Å²) in [6.07, 6.45) is 1.83. The van der Waals surface area contributed by atoms with Gasteiger partial charge in [-0.1, -0.05) is 31.2 Å². The Labute approximate surface area is 125 Å². The van der Waals surface area contributed by atoms with E-state index in [2.05, 4.69) is 58.6 Å². The highest BCUT2D eigenvalue weighted by Crippen LogP contribution is 2.23. The van der Waals surface area contributed by atoms with Crippen LogP contribution in [0.2, 0.25) is 0 Å². The normalized spacial score (nSPS) is 12.5.